The van der Waals surface area contributed by atoms with E-state index >= 15 is 0 Å². The molecule has 1 rings (SSSR count). The van der Waals surface area contributed by atoms with Crippen LogP contribution in [0.3, 0.4) is 0 Å². The van der Waals surface area contributed by atoms with Crippen molar-refractivity contribution in [3.05, 3.63) is 28.3 Å². The van der Waals surface area contributed by atoms with Crippen LogP contribution in [0.1, 0.15) is 0 Å². The summed E-state index contributed by atoms with van der Waals surface area (Å²) in [6.07, 6.45) is 0. The molecule has 0 aliphatic rings. The predicted molar refractivity (Wildman–Crippen MR) is 62.1 cm³/mol. The van der Waals surface area contributed by atoms with Gasteiger partial charge in [-0.3, -0.25) is 14.9 Å². The molecule has 7 heteroatoms. The summed E-state index contributed by atoms with van der Waals surface area (Å²) >= 11 is 2.98. The molecule has 0 saturated carbocycles. The molecule has 1 N–H and O–H groups in total. The van der Waals surface area contributed by atoms with E-state index in [0.29, 0.717) is 5.75 Å². The van der Waals surface area contributed by atoms with Gasteiger partial charge in [-0.25, -0.2) is 0 Å². The normalized spacial score (nSPS) is 9.62. The molecule has 0 saturated heterocycles. The number of nitrogens with zero attached hydrogens (tertiary/aromatic N) is 1. The van der Waals surface area contributed by atoms with Crippen LogP contribution in [-0.4, -0.2) is 23.3 Å². The second-order valence-electron chi connectivity index (χ2n) is 2.82. The summed E-state index contributed by atoms with van der Waals surface area (Å²) in [6.45, 7) is 0. The maximum atomic E-state index is 11.1. The van der Waals surface area contributed by atoms with Crippen LogP contribution in [0.5, 0.6) is 5.75 Å². The summed E-state index contributed by atoms with van der Waals surface area (Å²) < 4.78 is 4.97. The monoisotopic (exact) mass is 288 g/mol. The van der Waals surface area contributed by atoms with Crippen molar-refractivity contribution >= 4 is 33.2 Å². The maximum Gasteiger partial charge on any atom is 0.271 e. The van der Waals surface area contributed by atoms with Crippen LogP contribution in [-0.2, 0) is 4.79 Å². The molecule has 0 bridgehead atoms. The second kappa shape index (κ2) is 5.45. The van der Waals surface area contributed by atoms with Gasteiger partial charge in [-0.15, -0.1) is 0 Å². The van der Waals surface area contributed by atoms with Crippen LogP contribution >= 0.6 is 15.9 Å². The first-order valence-electron chi connectivity index (χ1n) is 4.26. The van der Waals surface area contributed by atoms with Gasteiger partial charge < -0.3 is 10.1 Å². The van der Waals surface area contributed by atoms with Crippen LogP contribution in [0.2, 0.25) is 0 Å². The number of rotatable bonds is 4. The fourth-order valence-electron chi connectivity index (χ4n) is 1.09. The number of non-ortho nitro benzene ring substituents is 1. The van der Waals surface area contributed by atoms with Crippen molar-refractivity contribution in [1.29, 1.82) is 0 Å². The Morgan fingerprint density at radius 2 is 2.31 bits per heavy atom. The summed E-state index contributed by atoms with van der Waals surface area (Å²) in [5, 5.41) is 13.2. The number of halogens is 1. The van der Waals surface area contributed by atoms with E-state index in [0.717, 1.165) is 0 Å². The largest absolute Gasteiger partial charge is 0.495 e. The quantitative estimate of drug-likeness (QED) is 0.521. The Balaban J connectivity index is 3.06. The maximum absolute atomic E-state index is 11.1. The van der Waals surface area contributed by atoms with Gasteiger partial charge >= 0.3 is 0 Å². The Morgan fingerprint density at radius 3 is 2.81 bits per heavy atom. The molecule has 0 aromatic heterocycles. The number of alkyl halides is 1. The van der Waals surface area contributed by atoms with Gasteiger partial charge in [0.05, 0.1) is 23.1 Å². The SMILES string of the molecule is COc1ccc([N+](=O)[O-])cc1NC(=O)CBr. The molecule has 0 spiro atoms. The molecular formula is C9H9BrN2O4. The van der Waals surface area contributed by atoms with Crippen molar-refractivity contribution in [3.63, 3.8) is 0 Å². The van der Waals surface area contributed by atoms with Gasteiger partial charge in [0.1, 0.15) is 5.75 Å². The molecule has 1 aromatic carbocycles. The van der Waals surface area contributed by atoms with Crippen molar-refractivity contribution < 1.29 is 14.5 Å². The van der Waals surface area contributed by atoms with Crippen molar-refractivity contribution in [1.82, 2.24) is 0 Å². The molecule has 1 aromatic rings. The van der Waals surface area contributed by atoms with Gasteiger partial charge in [0.25, 0.3) is 5.69 Å². The van der Waals surface area contributed by atoms with E-state index in [9.17, 15) is 14.9 Å². The second-order valence-corrected chi connectivity index (χ2v) is 3.38. The molecule has 86 valence electrons. The minimum Gasteiger partial charge on any atom is -0.495 e. The van der Waals surface area contributed by atoms with E-state index in [1.807, 2.05) is 0 Å². The number of benzene rings is 1. The lowest BCUT2D eigenvalue weighted by Gasteiger charge is -2.08. The minimum absolute atomic E-state index is 0.106. The smallest absolute Gasteiger partial charge is 0.271 e. The zero-order valence-electron chi connectivity index (χ0n) is 8.40. The number of hydrogen-bond donors (Lipinski definition) is 1. The Hall–Kier alpha value is -1.63. The molecule has 0 unspecified atom stereocenters. The van der Waals surface area contributed by atoms with Gasteiger partial charge in [-0.2, -0.15) is 0 Å². The van der Waals surface area contributed by atoms with Gasteiger partial charge in [-0.1, -0.05) is 15.9 Å². The Morgan fingerprint density at radius 1 is 1.62 bits per heavy atom. The summed E-state index contributed by atoms with van der Waals surface area (Å²) in [5.74, 6) is 0.0682. The lowest BCUT2D eigenvalue weighted by Crippen LogP contribution is -2.13. The molecule has 0 fully saturated rings. The van der Waals surface area contributed by atoms with E-state index in [-0.39, 0.29) is 22.6 Å². The topological polar surface area (TPSA) is 81.5 Å². The summed E-state index contributed by atoms with van der Waals surface area (Å²) in [6, 6.07) is 3.99. The van der Waals surface area contributed by atoms with Crippen molar-refractivity contribution in [2.45, 2.75) is 0 Å². The van der Waals surface area contributed by atoms with E-state index in [4.69, 9.17) is 4.74 Å². The molecular weight excluding hydrogens is 280 g/mol. The number of carbonyl (C=O) groups is 1. The Bertz CT molecular complexity index is 422. The molecule has 6 nitrogen and oxygen atoms in total. The number of amides is 1. The van der Waals surface area contributed by atoms with Gasteiger partial charge in [0.2, 0.25) is 5.91 Å². The Kier molecular flexibility index (Phi) is 4.24. The third-order valence-corrected chi connectivity index (χ3v) is 2.30. The van der Waals surface area contributed by atoms with Gasteiger partial charge in [0.15, 0.2) is 0 Å². The van der Waals surface area contributed by atoms with Crippen LogP contribution in [0.15, 0.2) is 18.2 Å². The van der Waals surface area contributed by atoms with Crippen LogP contribution in [0, 0.1) is 10.1 Å². The molecule has 0 radical (unpaired) electrons. The fourth-order valence-corrected chi connectivity index (χ4v) is 1.23. The highest BCUT2D eigenvalue weighted by atomic mass is 79.9. The number of nitro benzene ring substituents is 1. The lowest BCUT2D eigenvalue weighted by molar-refractivity contribution is -0.384. The summed E-state index contributed by atoms with van der Waals surface area (Å²) in [4.78, 5) is 21.2. The third kappa shape index (κ3) is 2.93. The van der Waals surface area contributed by atoms with Crippen LogP contribution in [0.4, 0.5) is 11.4 Å². The van der Waals surface area contributed by atoms with E-state index < -0.39 is 4.92 Å². The summed E-state index contributed by atoms with van der Waals surface area (Å²) in [7, 11) is 1.42. The number of nitro groups is 1. The van der Waals surface area contributed by atoms with Crippen LogP contribution in [0.25, 0.3) is 0 Å². The fraction of sp³-hybridized carbons (Fsp3) is 0.222. The zero-order chi connectivity index (χ0) is 12.1. The first-order valence-corrected chi connectivity index (χ1v) is 5.39. The van der Waals surface area contributed by atoms with Gasteiger partial charge in [0, 0.05) is 12.1 Å². The first-order chi connectivity index (χ1) is 7.58. The number of hydrogen-bond acceptors (Lipinski definition) is 4. The van der Waals surface area contributed by atoms with Gasteiger partial charge in [-0.05, 0) is 6.07 Å². The minimum atomic E-state index is -0.538. The first kappa shape index (κ1) is 12.4. The summed E-state index contributed by atoms with van der Waals surface area (Å²) in [5.41, 5.74) is 0.173. The number of anilines is 1. The zero-order valence-corrected chi connectivity index (χ0v) is 9.98. The molecule has 16 heavy (non-hydrogen) atoms. The molecule has 0 aliphatic heterocycles. The molecule has 0 heterocycles. The Labute approximate surface area is 99.9 Å². The van der Waals surface area contributed by atoms with Crippen LogP contribution < -0.4 is 10.1 Å². The number of methoxy groups -OCH3 is 1. The van der Waals surface area contributed by atoms with Crippen molar-refractivity contribution in [2.75, 3.05) is 17.8 Å². The lowest BCUT2D eigenvalue weighted by atomic mass is 10.2. The number of ether oxygens (including phenoxy) is 1. The molecule has 0 atom stereocenters. The molecule has 0 aliphatic carbocycles. The van der Waals surface area contributed by atoms with E-state index in [1.165, 1.54) is 25.3 Å². The predicted octanol–water partition coefficient (Wildman–Crippen LogP) is 1.94. The highest BCUT2D eigenvalue weighted by Gasteiger charge is 2.12. The van der Waals surface area contributed by atoms with E-state index in [2.05, 4.69) is 21.2 Å². The highest BCUT2D eigenvalue weighted by Crippen LogP contribution is 2.28. The highest BCUT2D eigenvalue weighted by molar-refractivity contribution is 9.09. The number of nitrogens with one attached hydrogen (secondary N) is 1. The average Bonchev–Trinajstić information content (AvgIpc) is 2.28. The van der Waals surface area contributed by atoms with E-state index in [1.54, 1.807) is 0 Å². The van der Waals surface area contributed by atoms with Crippen molar-refractivity contribution in [3.8, 4) is 5.75 Å². The molecule has 1 amide bonds. The standard InChI is InChI=1S/C9H9BrN2O4/c1-16-8-3-2-6(12(14)15)4-7(8)11-9(13)5-10/h2-4H,5H2,1H3,(H,11,13). The number of carbonyl (C=O) groups excluding carboxylic acids is 1. The van der Waals surface area contributed by atoms with Crippen molar-refractivity contribution in [2.24, 2.45) is 0 Å². The average molecular weight is 289 g/mol. The third-order valence-electron chi connectivity index (χ3n) is 1.79.